The third kappa shape index (κ3) is 4.29. The van der Waals surface area contributed by atoms with E-state index in [1.807, 2.05) is 18.2 Å². The van der Waals surface area contributed by atoms with Gasteiger partial charge in [0.15, 0.2) is 0 Å². The molecule has 0 unspecified atom stereocenters. The van der Waals surface area contributed by atoms with E-state index in [9.17, 15) is 0 Å². The molecule has 0 saturated carbocycles. The lowest BCUT2D eigenvalue weighted by Gasteiger charge is -2.03. The monoisotopic (exact) mass is 372 g/mol. The van der Waals surface area contributed by atoms with E-state index in [0.717, 1.165) is 17.7 Å². The van der Waals surface area contributed by atoms with E-state index in [4.69, 9.17) is 4.42 Å². The summed E-state index contributed by atoms with van der Waals surface area (Å²) < 4.78 is 5.80. The highest BCUT2D eigenvalue weighted by Crippen LogP contribution is 2.27. The molecule has 27 heavy (non-hydrogen) atoms. The molecule has 0 aliphatic heterocycles. The van der Waals surface area contributed by atoms with Crippen LogP contribution in [0.1, 0.15) is 18.1 Å². The molecular weight excluding hydrogens is 352 g/mol. The van der Waals surface area contributed by atoms with E-state index in [0.29, 0.717) is 11.1 Å². The minimum atomic E-state index is 0.569. The first-order chi connectivity index (χ1) is 13.3. The number of thioether (sulfide) groups is 1. The summed E-state index contributed by atoms with van der Waals surface area (Å²) in [6, 6.07) is 27.3. The Balaban J connectivity index is 1.39. The van der Waals surface area contributed by atoms with Crippen LogP contribution in [-0.2, 0) is 12.2 Å². The molecule has 0 N–H and O–H groups in total. The minimum absolute atomic E-state index is 0.569. The van der Waals surface area contributed by atoms with Crippen molar-refractivity contribution < 1.29 is 4.42 Å². The summed E-state index contributed by atoms with van der Waals surface area (Å²) in [5.41, 5.74) is 5.93. The van der Waals surface area contributed by atoms with Gasteiger partial charge in [0.2, 0.25) is 5.89 Å². The summed E-state index contributed by atoms with van der Waals surface area (Å²) >= 11 is 1.56. The number of rotatable bonds is 6. The predicted molar refractivity (Wildman–Crippen MR) is 111 cm³/mol. The number of aromatic nitrogens is 2. The number of benzene rings is 3. The molecular formula is C23H20N2OS. The van der Waals surface area contributed by atoms with Crippen molar-refractivity contribution in [3.63, 3.8) is 0 Å². The number of aryl methyl sites for hydroxylation is 1. The molecule has 0 aliphatic carbocycles. The second-order valence-electron chi connectivity index (χ2n) is 6.28. The first-order valence-corrected chi connectivity index (χ1v) is 10.0. The zero-order chi connectivity index (χ0) is 18.5. The maximum atomic E-state index is 5.80. The Morgan fingerprint density at radius 2 is 1.33 bits per heavy atom. The fraction of sp³-hybridized carbons (Fsp3) is 0.130. The third-order valence-electron chi connectivity index (χ3n) is 4.44. The van der Waals surface area contributed by atoms with Gasteiger partial charge in [0, 0.05) is 11.3 Å². The van der Waals surface area contributed by atoms with Crippen LogP contribution < -0.4 is 0 Å². The van der Waals surface area contributed by atoms with Crippen molar-refractivity contribution in [2.24, 2.45) is 0 Å². The van der Waals surface area contributed by atoms with Gasteiger partial charge in [-0.05, 0) is 40.8 Å². The summed E-state index contributed by atoms with van der Waals surface area (Å²) in [5.74, 6) is 1.37. The summed E-state index contributed by atoms with van der Waals surface area (Å²) in [6.07, 6.45) is 1.02. The Labute approximate surface area is 163 Å². The van der Waals surface area contributed by atoms with Crippen LogP contribution >= 0.6 is 11.8 Å². The molecule has 0 fully saturated rings. The van der Waals surface area contributed by atoms with Crippen LogP contribution in [0.2, 0.25) is 0 Å². The highest BCUT2D eigenvalue weighted by molar-refractivity contribution is 7.98. The van der Waals surface area contributed by atoms with Crippen LogP contribution in [0.15, 0.2) is 88.5 Å². The Hall–Kier alpha value is -2.85. The average molecular weight is 372 g/mol. The highest BCUT2D eigenvalue weighted by Gasteiger charge is 2.09. The lowest BCUT2D eigenvalue weighted by Crippen LogP contribution is -1.82. The lowest BCUT2D eigenvalue weighted by molar-refractivity contribution is 0.466. The fourth-order valence-electron chi connectivity index (χ4n) is 2.84. The molecule has 3 nitrogen and oxygen atoms in total. The van der Waals surface area contributed by atoms with Gasteiger partial charge in [-0.3, -0.25) is 0 Å². The lowest BCUT2D eigenvalue weighted by atomic mass is 10.0. The molecule has 1 heterocycles. The standard InChI is InChI=1S/C23H20N2OS/c1-2-17-8-14-21(15-9-17)22-24-25-23(26-22)27-16-18-10-12-20(13-11-18)19-6-4-3-5-7-19/h3-15H,2,16H2,1H3. The SMILES string of the molecule is CCc1ccc(-c2nnc(SCc3ccc(-c4ccccc4)cc3)o2)cc1. The van der Waals surface area contributed by atoms with Crippen molar-refractivity contribution in [3.05, 3.63) is 90.0 Å². The largest absolute Gasteiger partial charge is 0.411 e. The molecule has 4 heteroatoms. The van der Waals surface area contributed by atoms with Crippen LogP contribution in [0.4, 0.5) is 0 Å². The molecule has 0 radical (unpaired) electrons. The molecule has 0 amide bonds. The maximum absolute atomic E-state index is 5.80. The summed E-state index contributed by atoms with van der Waals surface area (Å²) in [6.45, 7) is 2.14. The van der Waals surface area contributed by atoms with E-state index in [1.54, 1.807) is 11.8 Å². The minimum Gasteiger partial charge on any atom is -0.411 e. The molecule has 3 aromatic carbocycles. The van der Waals surface area contributed by atoms with Crippen LogP contribution in [0.3, 0.4) is 0 Å². The Kier molecular flexibility index (Phi) is 5.35. The van der Waals surface area contributed by atoms with E-state index in [1.165, 1.54) is 22.3 Å². The maximum Gasteiger partial charge on any atom is 0.277 e. The highest BCUT2D eigenvalue weighted by atomic mass is 32.2. The number of hydrogen-bond donors (Lipinski definition) is 0. The van der Waals surface area contributed by atoms with Crippen molar-refractivity contribution in [2.45, 2.75) is 24.3 Å². The Bertz CT molecular complexity index is 993. The number of hydrogen-bond acceptors (Lipinski definition) is 4. The molecule has 4 rings (SSSR count). The molecule has 4 aromatic rings. The van der Waals surface area contributed by atoms with E-state index >= 15 is 0 Å². The predicted octanol–water partition coefficient (Wildman–Crippen LogP) is 6.26. The first kappa shape index (κ1) is 17.6. The normalized spacial score (nSPS) is 10.9. The molecule has 0 aliphatic rings. The van der Waals surface area contributed by atoms with Gasteiger partial charge in [0.25, 0.3) is 5.22 Å². The smallest absolute Gasteiger partial charge is 0.277 e. The molecule has 0 atom stereocenters. The van der Waals surface area contributed by atoms with Crippen molar-refractivity contribution in [3.8, 4) is 22.6 Å². The van der Waals surface area contributed by atoms with Gasteiger partial charge in [-0.2, -0.15) is 0 Å². The Morgan fingerprint density at radius 3 is 2.04 bits per heavy atom. The van der Waals surface area contributed by atoms with Crippen LogP contribution in [0, 0.1) is 0 Å². The average Bonchev–Trinajstić information content (AvgIpc) is 3.22. The van der Waals surface area contributed by atoms with Gasteiger partial charge >= 0.3 is 0 Å². The topological polar surface area (TPSA) is 38.9 Å². The van der Waals surface area contributed by atoms with Crippen LogP contribution in [0.5, 0.6) is 0 Å². The van der Waals surface area contributed by atoms with Crippen molar-refractivity contribution >= 4 is 11.8 Å². The molecule has 1 aromatic heterocycles. The van der Waals surface area contributed by atoms with Gasteiger partial charge in [0.05, 0.1) is 0 Å². The van der Waals surface area contributed by atoms with Crippen molar-refractivity contribution in [1.82, 2.24) is 10.2 Å². The zero-order valence-corrected chi connectivity index (χ0v) is 15.9. The molecule has 134 valence electrons. The summed E-state index contributed by atoms with van der Waals surface area (Å²) in [5, 5.41) is 8.93. The van der Waals surface area contributed by atoms with E-state index in [-0.39, 0.29) is 0 Å². The van der Waals surface area contributed by atoms with Crippen molar-refractivity contribution in [1.29, 1.82) is 0 Å². The molecule has 0 saturated heterocycles. The first-order valence-electron chi connectivity index (χ1n) is 9.02. The second kappa shape index (κ2) is 8.23. The fourth-order valence-corrected chi connectivity index (χ4v) is 3.56. The molecule has 0 spiro atoms. The van der Waals surface area contributed by atoms with Gasteiger partial charge in [-0.1, -0.05) is 85.4 Å². The number of nitrogens with zero attached hydrogens (tertiary/aromatic N) is 2. The van der Waals surface area contributed by atoms with Crippen molar-refractivity contribution in [2.75, 3.05) is 0 Å². The molecule has 0 bridgehead atoms. The van der Waals surface area contributed by atoms with Gasteiger partial charge < -0.3 is 4.42 Å². The van der Waals surface area contributed by atoms with E-state index < -0.39 is 0 Å². The van der Waals surface area contributed by atoms with Gasteiger partial charge in [-0.25, -0.2) is 0 Å². The van der Waals surface area contributed by atoms with Crippen LogP contribution in [0.25, 0.3) is 22.6 Å². The Morgan fingerprint density at radius 1 is 0.704 bits per heavy atom. The van der Waals surface area contributed by atoms with E-state index in [2.05, 4.69) is 77.8 Å². The van der Waals surface area contributed by atoms with Gasteiger partial charge in [0.1, 0.15) is 0 Å². The second-order valence-corrected chi connectivity index (χ2v) is 7.20. The quantitative estimate of drug-likeness (QED) is 0.375. The summed E-state index contributed by atoms with van der Waals surface area (Å²) in [4.78, 5) is 0. The summed E-state index contributed by atoms with van der Waals surface area (Å²) in [7, 11) is 0. The zero-order valence-electron chi connectivity index (χ0n) is 15.1. The third-order valence-corrected chi connectivity index (χ3v) is 5.33. The van der Waals surface area contributed by atoms with Crippen LogP contribution in [-0.4, -0.2) is 10.2 Å². The van der Waals surface area contributed by atoms with Gasteiger partial charge in [-0.15, -0.1) is 10.2 Å².